The van der Waals surface area contributed by atoms with Gasteiger partial charge in [-0.1, -0.05) is 22.5 Å². The summed E-state index contributed by atoms with van der Waals surface area (Å²) in [6.07, 6.45) is 1.40. The SMILES string of the molecule is C=C(N)c1ccc(C2(O)CCC(CBr)O2)n1NC. The second-order valence-electron chi connectivity index (χ2n) is 4.41. The van der Waals surface area contributed by atoms with Crippen molar-refractivity contribution in [2.45, 2.75) is 24.7 Å². The van der Waals surface area contributed by atoms with Crippen molar-refractivity contribution in [3.8, 4) is 0 Å². The summed E-state index contributed by atoms with van der Waals surface area (Å²) in [6, 6.07) is 3.62. The van der Waals surface area contributed by atoms with Crippen molar-refractivity contribution >= 4 is 21.6 Å². The van der Waals surface area contributed by atoms with Crippen molar-refractivity contribution < 1.29 is 9.84 Å². The minimum absolute atomic E-state index is 0.0275. The average Bonchev–Trinajstić information content (AvgIpc) is 2.92. The number of aromatic nitrogens is 1. The second-order valence-corrected chi connectivity index (χ2v) is 5.05. The maximum absolute atomic E-state index is 10.6. The standard InChI is InChI=1S/C12H18BrN3O2/c1-8(14)10-3-4-11(16(10)15-2)12(17)6-5-9(7-13)18-12/h3-4,9,15,17H,1,5-7,14H2,2H3. The molecule has 1 aliphatic heterocycles. The Hall–Kier alpha value is -0.980. The van der Waals surface area contributed by atoms with Crippen molar-refractivity contribution in [3.05, 3.63) is 30.1 Å². The van der Waals surface area contributed by atoms with Crippen molar-refractivity contribution in [3.63, 3.8) is 0 Å². The molecule has 4 N–H and O–H groups in total. The third-order valence-electron chi connectivity index (χ3n) is 3.17. The molecule has 2 rings (SSSR count). The van der Waals surface area contributed by atoms with Crippen LogP contribution >= 0.6 is 15.9 Å². The second kappa shape index (κ2) is 4.95. The Balaban J connectivity index is 2.36. The molecule has 100 valence electrons. The molecule has 2 heterocycles. The Labute approximate surface area is 115 Å². The van der Waals surface area contributed by atoms with E-state index in [1.807, 2.05) is 6.07 Å². The number of aliphatic hydroxyl groups is 1. The maximum atomic E-state index is 10.6. The molecule has 2 atom stereocenters. The smallest absolute Gasteiger partial charge is 0.210 e. The quantitative estimate of drug-likeness (QED) is 0.733. The molecular formula is C12H18BrN3O2. The van der Waals surface area contributed by atoms with Gasteiger partial charge in [0.25, 0.3) is 0 Å². The number of halogens is 1. The van der Waals surface area contributed by atoms with E-state index in [-0.39, 0.29) is 6.10 Å². The molecule has 6 heteroatoms. The molecule has 1 saturated heterocycles. The summed E-state index contributed by atoms with van der Waals surface area (Å²) < 4.78 is 7.40. The predicted molar refractivity (Wildman–Crippen MR) is 74.7 cm³/mol. The molecular weight excluding hydrogens is 298 g/mol. The maximum Gasteiger partial charge on any atom is 0.210 e. The number of nitrogens with one attached hydrogen (secondary N) is 1. The van der Waals surface area contributed by atoms with Crippen LogP contribution in [0.25, 0.3) is 5.70 Å². The molecule has 1 aromatic rings. The molecule has 2 unspecified atom stereocenters. The molecule has 1 fully saturated rings. The summed E-state index contributed by atoms with van der Waals surface area (Å²) in [5, 5.41) is 11.3. The lowest BCUT2D eigenvalue weighted by Gasteiger charge is -2.25. The van der Waals surface area contributed by atoms with Crippen LogP contribution in [0.2, 0.25) is 0 Å². The number of ether oxygens (including phenoxy) is 1. The number of hydrogen-bond donors (Lipinski definition) is 3. The Morgan fingerprint density at radius 1 is 1.78 bits per heavy atom. The molecule has 0 amide bonds. The van der Waals surface area contributed by atoms with E-state index in [1.165, 1.54) is 0 Å². The van der Waals surface area contributed by atoms with Gasteiger partial charge in [-0.3, -0.25) is 4.68 Å². The molecule has 0 radical (unpaired) electrons. The Morgan fingerprint density at radius 2 is 2.50 bits per heavy atom. The van der Waals surface area contributed by atoms with E-state index in [0.29, 0.717) is 23.1 Å². The Kier molecular flexibility index (Phi) is 3.70. The number of alkyl halides is 1. The molecule has 5 nitrogen and oxygen atoms in total. The van der Waals surface area contributed by atoms with Gasteiger partial charge in [0.1, 0.15) is 0 Å². The van der Waals surface area contributed by atoms with Crippen LogP contribution < -0.4 is 11.2 Å². The van der Waals surface area contributed by atoms with Gasteiger partial charge in [0.05, 0.1) is 23.2 Å². The molecule has 1 aliphatic rings. The van der Waals surface area contributed by atoms with Crippen LogP contribution in [-0.2, 0) is 10.5 Å². The first-order chi connectivity index (χ1) is 8.51. The van der Waals surface area contributed by atoms with Crippen LogP contribution in [0.3, 0.4) is 0 Å². The highest BCUT2D eigenvalue weighted by atomic mass is 79.9. The lowest BCUT2D eigenvalue weighted by atomic mass is 10.1. The van der Waals surface area contributed by atoms with Gasteiger partial charge in [-0.2, -0.15) is 0 Å². The van der Waals surface area contributed by atoms with Crippen molar-refractivity contribution in [2.75, 3.05) is 17.8 Å². The fourth-order valence-corrected chi connectivity index (χ4v) is 2.74. The fourth-order valence-electron chi connectivity index (χ4n) is 2.28. The van der Waals surface area contributed by atoms with Gasteiger partial charge in [0.2, 0.25) is 5.79 Å². The van der Waals surface area contributed by atoms with Crippen molar-refractivity contribution in [2.24, 2.45) is 5.73 Å². The summed E-state index contributed by atoms with van der Waals surface area (Å²) in [5.74, 6) is -1.27. The Bertz CT molecular complexity index is 460. The van der Waals surface area contributed by atoms with Gasteiger partial charge in [-0.15, -0.1) is 0 Å². The van der Waals surface area contributed by atoms with E-state index in [1.54, 1.807) is 17.8 Å². The zero-order valence-electron chi connectivity index (χ0n) is 10.3. The normalized spacial score (nSPS) is 27.4. The van der Waals surface area contributed by atoms with E-state index in [0.717, 1.165) is 12.1 Å². The number of nitrogens with zero attached hydrogens (tertiary/aromatic N) is 1. The fraction of sp³-hybridized carbons (Fsp3) is 0.500. The van der Waals surface area contributed by atoms with Crippen LogP contribution in [0.15, 0.2) is 18.7 Å². The molecule has 0 aliphatic carbocycles. The zero-order chi connectivity index (χ0) is 13.3. The highest BCUT2D eigenvalue weighted by Crippen LogP contribution is 2.38. The van der Waals surface area contributed by atoms with Crippen LogP contribution in [-0.4, -0.2) is 28.3 Å². The van der Waals surface area contributed by atoms with Gasteiger partial charge < -0.3 is 21.0 Å². The predicted octanol–water partition coefficient (Wildman–Crippen LogP) is 1.31. The lowest BCUT2D eigenvalue weighted by molar-refractivity contribution is -0.200. The first-order valence-corrected chi connectivity index (χ1v) is 6.95. The lowest BCUT2D eigenvalue weighted by Crippen LogP contribution is -2.32. The molecule has 1 aromatic heterocycles. The van der Waals surface area contributed by atoms with E-state index < -0.39 is 5.79 Å². The van der Waals surface area contributed by atoms with E-state index in [2.05, 4.69) is 27.9 Å². The van der Waals surface area contributed by atoms with Crippen LogP contribution in [0.1, 0.15) is 24.2 Å². The van der Waals surface area contributed by atoms with E-state index in [4.69, 9.17) is 10.5 Å². The zero-order valence-corrected chi connectivity index (χ0v) is 11.9. The number of rotatable bonds is 4. The van der Waals surface area contributed by atoms with Crippen LogP contribution in [0.5, 0.6) is 0 Å². The van der Waals surface area contributed by atoms with Crippen LogP contribution in [0.4, 0.5) is 0 Å². The topological polar surface area (TPSA) is 72.4 Å². The molecule has 0 spiro atoms. The summed E-state index contributed by atoms with van der Waals surface area (Å²) in [7, 11) is 1.76. The van der Waals surface area contributed by atoms with Gasteiger partial charge >= 0.3 is 0 Å². The summed E-state index contributed by atoms with van der Waals surface area (Å²) in [6.45, 7) is 3.71. The van der Waals surface area contributed by atoms with Gasteiger partial charge in [0, 0.05) is 18.8 Å². The molecule has 18 heavy (non-hydrogen) atoms. The van der Waals surface area contributed by atoms with E-state index >= 15 is 0 Å². The minimum Gasteiger partial charge on any atom is -0.397 e. The first kappa shape index (κ1) is 13.5. The number of nitrogens with two attached hydrogens (primary N) is 1. The van der Waals surface area contributed by atoms with Gasteiger partial charge in [0.15, 0.2) is 0 Å². The highest BCUT2D eigenvalue weighted by Gasteiger charge is 2.42. The van der Waals surface area contributed by atoms with Crippen LogP contribution in [0, 0.1) is 0 Å². The van der Waals surface area contributed by atoms with Gasteiger partial charge in [-0.05, 0) is 18.6 Å². The third kappa shape index (κ3) is 2.15. The average molecular weight is 316 g/mol. The molecule has 0 bridgehead atoms. The largest absolute Gasteiger partial charge is 0.397 e. The minimum atomic E-state index is -1.27. The molecule has 0 aromatic carbocycles. The summed E-state index contributed by atoms with van der Waals surface area (Å²) in [5.41, 5.74) is 10.5. The monoisotopic (exact) mass is 315 g/mol. The summed E-state index contributed by atoms with van der Waals surface area (Å²) in [4.78, 5) is 0. The summed E-state index contributed by atoms with van der Waals surface area (Å²) >= 11 is 3.37. The first-order valence-electron chi connectivity index (χ1n) is 5.82. The van der Waals surface area contributed by atoms with Gasteiger partial charge in [-0.25, -0.2) is 0 Å². The third-order valence-corrected chi connectivity index (χ3v) is 3.89. The Morgan fingerprint density at radius 3 is 3.00 bits per heavy atom. The number of hydrogen-bond acceptors (Lipinski definition) is 4. The van der Waals surface area contributed by atoms with Crippen molar-refractivity contribution in [1.82, 2.24) is 4.68 Å². The highest BCUT2D eigenvalue weighted by molar-refractivity contribution is 9.09. The molecule has 0 saturated carbocycles. The van der Waals surface area contributed by atoms with E-state index in [9.17, 15) is 5.11 Å². The van der Waals surface area contributed by atoms with Crippen molar-refractivity contribution in [1.29, 1.82) is 0 Å².